The first-order valence-corrected chi connectivity index (χ1v) is 6.22. The Hall–Kier alpha value is -2.27. The van der Waals surface area contributed by atoms with Crippen molar-refractivity contribution in [3.8, 4) is 10.6 Å². The van der Waals surface area contributed by atoms with E-state index >= 15 is 0 Å². The van der Waals surface area contributed by atoms with Gasteiger partial charge in [-0.1, -0.05) is 18.2 Å². The average Bonchev–Trinajstić information content (AvgIpc) is 2.88. The molecule has 4 nitrogen and oxygen atoms in total. The molecule has 0 spiro atoms. The minimum absolute atomic E-state index is 0.295. The molecule has 1 aromatic carbocycles. The third-order valence-corrected chi connectivity index (χ3v) is 3.49. The van der Waals surface area contributed by atoms with Crippen LogP contribution in [0.25, 0.3) is 21.5 Å². The number of amides is 1. The van der Waals surface area contributed by atoms with Crippen LogP contribution in [0.5, 0.6) is 0 Å². The summed E-state index contributed by atoms with van der Waals surface area (Å²) in [5.74, 6) is -0.508. The summed E-state index contributed by atoms with van der Waals surface area (Å²) >= 11 is 1.39. The van der Waals surface area contributed by atoms with Gasteiger partial charge in [0.1, 0.15) is 10.7 Å². The molecule has 2 N–H and O–H groups in total. The molecule has 3 aromatic rings. The van der Waals surface area contributed by atoms with Gasteiger partial charge in [0.25, 0.3) is 5.91 Å². The van der Waals surface area contributed by atoms with Crippen LogP contribution in [-0.4, -0.2) is 15.9 Å². The standard InChI is InChI=1S/C13H9N3OS/c14-12(17)11-7-18-13(16-11)9-5-8-3-1-2-4-10(8)15-6-9/h1-7H,(H2,14,17). The monoisotopic (exact) mass is 255 g/mol. The molecule has 88 valence electrons. The van der Waals surface area contributed by atoms with E-state index in [0.29, 0.717) is 5.69 Å². The van der Waals surface area contributed by atoms with Crippen LogP contribution in [-0.2, 0) is 0 Å². The molecule has 1 amide bonds. The number of nitrogens with two attached hydrogens (primary N) is 1. The summed E-state index contributed by atoms with van der Waals surface area (Å²) in [4.78, 5) is 19.6. The molecule has 0 radical (unpaired) electrons. The third kappa shape index (κ3) is 1.84. The van der Waals surface area contributed by atoms with Crippen LogP contribution >= 0.6 is 11.3 Å². The maximum atomic E-state index is 11.0. The highest BCUT2D eigenvalue weighted by molar-refractivity contribution is 7.13. The van der Waals surface area contributed by atoms with E-state index < -0.39 is 5.91 Å². The molecule has 0 bridgehead atoms. The number of aromatic nitrogens is 2. The molecule has 2 aromatic heterocycles. The summed E-state index contributed by atoms with van der Waals surface area (Å²) in [6.45, 7) is 0. The zero-order chi connectivity index (χ0) is 12.5. The van der Waals surface area contributed by atoms with Gasteiger partial charge < -0.3 is 5.73 Å². The minimum Gasteiger partial charge on any atom is -0.364 e. The summed E-state index contributed by atoms with van der Waals surface area (Å²) in [6, 6.07) is 9.87. The van der Waals surface area contributed by atoms with Crippen LogP contribution in [0.1, 0.15) is 10.5 Å². The lowest BCUT2D eigenvalue weighted by Crippen LogP contribution is -2.10. The number of pyridine rings is 1. The van der Waals surface area contributed by atoms with Crippen LogP contribution in [0.4, 0.5) is 0 Å². The van der Waals surface area contributed by atoms with E-state index in [1.165, 1.54) is 11.3 Å². The van der Waals surface area contributed by atoms with Crippen molar-refractivity contribution in [2.75, 3.05) is 0 Å². The Morgan fingerprint density at radius 3 is 2.89 bits per heavy atom. The number of carbonyl (C=O) groups excluding carboxylic acids is 1. The van der Waals surface area contributed by atoms with Crippen LogP contribution in [0, 0.1) is 0 Å². The number of primary amides is 1. The quantitative estimate of drug-likeness (QED) is 0.764. The van der Waals surface area contributed by atoms with E-state index in [2.05, 4.69) is 9.97 Å². The van der Waals surface area contributed by atoms with E-state index in [0.717, 1.165) is 21.5 Å². The first-order valence-electron chi connectivity index (χ1n) is 5.34. The molecule has 3 rings (SSSR count). The van der Waals surface area contributed by atoms with Gasteiger partial charge in [-0.25, -0.2) is 4.98 Å². The number of hydrogen-bond donors (Lipinski definition) is 1. The van der Waals surface area contributed by atoms with Gasteiger partial charge in [-0.2, -0.15) is 0 Å². The van der Waals surface area contributed by atoms with Crippen molar-refractivity contribution in [2.24, 2.45) is 5.73 Å². The fourth-order valence-electron chi connectivity index (χ4n) is 1.71. The number of fused-ring (bicyclic) bond motifs is 1. The molecule has 18 heavy (non-hydrogen) atoms. The summed E-state index contributed by atoms with van der Waals surface area (Å²) in [5.41, 5.74) is 7.31. The van der Waals surface area contributed by atoms with Gasteiger partial charge in [0.05, 0.1) is 5.52 Å². The van der Waals surface area contributed by atoms with Crippen molar-refractivity contribution in [1.82, 2.24) is 9.97 Å². The van der Waals surface area contributed by atoms with Crippen LogP contribution in [0.15, 0.2) is 41.9 Å². The number of para-hydroxylation sites is 1. The Balaban J connectivity index is 2.10. The summed E-state index contributed by atoms with van der Waals surface area (Å²) in [7, 11) is 0. The van der Waals surface area contributed by atoms with E-state index in [4.69, 9.17) is 5.73 Å². The van der Waals surface area contributed by atoms with Crippen molar-refractivity contribution in [1.29, 1.82) is 0 Å². The third-order valence-electron chi connectivity index (χ3n) is 2.59. The second kappa shape index (κ2) is 4.19. The first-order chi connectivity index (χ1) is 8.74. The molecular formula is C13H9N3OS. The van der Waals surface area contributed by atoms with E-state index in [1.54, 1.807) is 11.6 Å². The fraction of sp³-hybridized carbons (Fsp3) is 0. The van der Waals surface area contributed by atoms with Crippen molar-refractivity contribution in [3.63, 3.8) is 0 Å². The number of rotatable bonds is 2. The highest BCUT2D eigenvalue weighted by atomic mass is 32.1. The molecular weight excluding hydrogens is 246 g/mol. The summed E-state index contributed by atoms with van der Waals surface area (Å²) in [5, 5.41) is 3.46. The van der Waals surface area contributed by atoms with E-state index in [1.807, 2.05) is 30.3 Å². The molecule has 2 heterocycles. The number of benzene rings is 1. The predicted octanol–water partition coefficient (Wildman–Crippen LogP) is 2.46. The van der Waals surface area contributed by atoms with Gasteiger partial charge >= 0.3 is 0 Å². The Kier molecular flexibility index (Phi) is 2.53. The molecule has 0 atom stereocenters. The number of nitrogens with zero attached hydrogens (tertiary/aromatic N) is 2. The summed E-state index contributed by atoms with van der Waals surface area (Å²) in [6.07, 6.45) is 1.76. The maximum Gasteiger partial charge on any atom is 0.268 e. The second-order valence-electron chi connectivity index (χ2n) is 3.82. The fourth-order valence-corrected chi connectivity index (χ4v) is 2.50. The van der Waals surface area contributed by atoms with Crippen LogP contribution in [0.3, 0.4) is 0 Å². The summed E-state index contributed by atoms with van der Waals surface area (Å²) < 4.78 is 0. The van der Waals surface area contributed by atoms with Crippen molar-refractivity contribution in [3.05, 3.63) is 47.6 Å². The Labute approximate surface area is 107 Å². The molecule has 0 aliphatic heterocycles. The molecule has 0 unspecified atom stereocenters. The number of hydrogen-bond acceptors (Lipinski definition) is 4. The van der Waals surface area contributed by atoms with E-state index in [-0.39, 0.29) is 0 Å². The molecule has 5 heteroatoms. The van der Waals surface area contributed by atoms with Crippen molar-refractivity contribution >= 4 is 28.1 Å². The average molecular weight is 255 g/mol. The maximum absolute atomic E-state index is 11.0. The van der Waals surface area contributed by atoms with Gasteiger partial charge in [-0.15, -0.1) is 11.3 Å². The van der Waals surface area contributed by atoms with Crippen molar-refractivity contribution < 1.29 is 4.79 Å². The largest absolute Gasteiger partial charge is 0.364 e. The van der Waals surface area contributed by atoms with Crippen LogP contribution < -0.4 is 5.73 Å². The molecule has 0 fully saturated rings. The Morgan fingerprint density at radius 2 is 2.11 bits per heavy atom. The highest BCUT2D eigenvalue weighted by Crippen LogP contribution is 2.25. The Bertz CT molecular complexity index is 736. The Morgan fingerprint density at radius 1 is 1.28 bits per heavy atom. The van der Waals surface area contributed by atoms with Gasteiger partial charge in [-0.05, 0) is 12.1 Å². The number of carbonyl (C=O) groups is 1. The normalized spacial score (nSPS) is 10.7. The predicted molar refractivity (Wildman–Crippen MR) is 71.4 cm³/mol. The molecule has 0 saturated carbocycles. The van der Waals surface area contributed by atoms with Gasteiger partial charge in [0.2, 0.25) is 0 Å². The topological polar surface area (TPSA) is 68.9 Å². The lowest BCUT2D eigenvalue weighted by molar-refractivity contribution is 0.0996. The highest BCUT2D eigenvalue weighted by Gasteiger charge is 2.09. The van der Waals surface area contributed by atoms with Gasteiger partial charge in [0, 0.05) is 22.5 Å². The molecule has 0 aliphatic carbocycles. The number of thiazole rings is 1. The SMILES string of the molecule is NC(=O)c1csc(-c2cnc3ccccc3c2)n1. The lowest BCUT2D eigenvalue weighted by Gasteiger charge is -1.99. The lowest BCUT2D eigenvalue weighted by atomic mass is 10.2. The zero-order valence-electron chi connectivity index (χ0n) is 9.33. The van der Waals surface area contributed by atoms with Gasteiger partial charge in [-0.3, -0.25) is 9.78 Å². The van der Waals surface area contributed by atoms with Crippen LogP contribution in [0.2, 0.25) is 0 Å². The second-order valence-corrected chi connectivity index (χ2v) is 4.68. The molecule has 0 aliphatic rings. The minimum atomic E-state index is -0.508. The smallest absolute Gasteiger partial charge is 0.268 e. The molecule has 0 saturated heterocycles. The van der Waals surface area contributed by atoms with E-state index in [9.17, 15) is 4.79 Å². The zero-order valence-corrected chi connectivity index (χ0v) is 10.1. The first kappa shape index (κ1) is 10.9. The van der Waals surface area contributed by atoms with Gasteiger partial charge in [0.15, 0.2) is 0 Å². The van der Waals surface area contributed by atoms with Crippen molar-refractivity contribution in [2.45, 2.75) is 0 Å².